The van der Waals surface area contributed by atoms with Gasteiger partial charge in [0.1, 0.15) is 12.4 Å². The van der Waals surface area contributed by atoms with Crippen molar-refractivity contribution < 1.29 is 23.4 Å². The van der Waals surface area contributed by atoms with Crippen LogP contribution in [0.25, 0.3) is 0 Å². The van der Waals surface area contributed by atoms with Gasteiger partial charge < -0.3 is 9.84 Å². The second-order valence-electron chi connectivity index (χ2n) is 4.26. The van der Waals surface area contributed by atoms with Crippen LogP contribution in [0.15, 0.2) is 24.3 Å². The van der Waals surface area contributed by atoms with E-state index >= 15 is 0 Å². The Morgan fingerprint density at radius 1 is 1.33 bits per heavy atom. The topological polar surface area (TPSA) is 87.8 Å². The van der Waals surface area contributed by atoms with E-state index in [1.165, 1.54) is 4.90 Å². The first-order chi connectivity index (χ1) is 10.1. The molecule has 0 saturated carbocycles. The highest BCUT2D eigenvalue weighted by Gasteiger charge is 2.11. The Kier molecular flexibility index (Phi) is 7.59. The molecule has 0 fully saturated rings. The number of amides is 1. The molecule has 0 aliphatic rings. The van der Waals surface area contributed by atoms with Crippen molar-refractivity contribution in [1.82, 2.24) is 10.3 Å². The van der Waals surface area contributed by atoms with E-state index in [9.17, 15) is 13.6 Å². The largest absolute Gasteiger partial charge is 0.492 e. The van der Waals surface area contributed by atoms with E-state index in [1.54, 1.807) is 24.3 Å². The summed E-state index contributed by atoms with van der Waals surface area (Å²) in [4.78, 5) is 12.6. The number of hydrogen-bond acceptors (Lipinski definition) is 5. The summed E-state index contributed by atoms with van der Waals surface area (Å²) < 4.78 is 30.0. The highest BCUT2D eigenvalue weighted by Crippen LogP contribution is 2.12. The fourth-order valence-electron chi connectivity index (χ4n) is 1.71. The first-order valence-corrected chi connectivity index (χ1v) is 6.42. The molecular formula is C13H19F2N3O3. The quantitative estimate of drug-likeness (QED) is 0.345. The number of carbonyl (C=O) groups excluding carboxylic acids is 1. The highest BCUT2D eigenvalue weighted by atomic mass is 19.3. The third kappa shape index (κ3) is 6.48. The number of nitrogens with zero attached hydrogens (tertiary/aromatic N) is 1. The summed E-state index contributed by atoms with van der Waals surface area (Å²) >= 11 is 0. The second-order valence-corrected chi connectivity index (χ2v) is 4.26. The van der Waals surface area contributed by atoms with Crippen LogP contribution in [-0.4, -0.2) is 55.2 Å². The summed E-state index contributed by atoms with van der Waals surface area (Å²) in [5.74, 6) is 5.11. The smallest absolute Gasteiger partial charge is 0.265 e. The van der Waals surface area contributed by atoms with E-state index in [1.807, 2.05) is 5.43 Å². The van der Waals surface area contributed by atoms with Crippen LogP contribution in [-0.2, 0) is 0 Å². The number of aliphatic hydroxyl groups is 1. The number of ether oxygens (including phenoxy) is 1. The summed E-state index contributed by atoms with van der Waals surface area (Å²) in [6.45, 7) is 0.0591. The molecule has 0 bridgehead atoms. The van der Waals surface area contributed by atoms with Crippen molar-refractivity contribution in [1.29, 1.82) is 0 Å². The van der Waals surface area contributed by atoms with Gasteiger partial charge in [-0.05, 0) is 24.3 Å². The van der Waals surface area contributed by atoms with Crippen molar-refractivity contribution in [2.45, 2.75) is 6.43 Å². The Bertz CT molecular complexity index is 429. The number of nitrogens with two attached hydrogens (primary N) is 1. The average Bonchev–Trinajstić information content (AvgIpc) is 2.46. The molecule has 0 aromatic heterocycles. The number of rotatable bonds is 9. The lowest BCUT2D eigenvalue weighted by molar-refractivity contribution is 0.0709. The van der Waals surface area contributed by atoms with Crippen molar-refractivity contribution in [2.24, 2.45) is 5.84 Å². The summed E-state index contributed by atoms with van der Waals surface area (Å²) in [6.07, 6.45) is -2.45. The van der Waals surface area contributed by atoms with Crippen molar-refractivity contribution in [3.8, 4) is 5.75 Å². The van der Waals surface area contributed by atoms with Crippen LogP contribution in [0, 0.1) is 0 Å². The lowest BCUT2D eigenvalue weighted by Crippen LogP contribution is -2.35. The molecule has 1 rings (SSSR count). The van der Waals surface area contributed by atoms with Gasteiger partial charge in [0.2, 0.25) is 0 Å². The lowest BCUT2D eigenvalue weighted by Gasteiger charge is -2.20. The van der Waals surface area contributed by atoms with E-state index in [4.69, 9.17) is 15.7 Å². The number of nitrogens with one attached hydrogen (secondary N) is 1. The van der Waals surface area contributed by atoms with Gasteiger partial charge in [-0.3, -0.25) is 15.1 Å². The summed E-state index contributed by atoms with van der Waals surface area (Å²) in [5, 5.41) is 8.80. The Morgan fingerprint density at radius 2 is 2.00 bits per heavy atom. The zero-order valence-corrected chi connectivity index (χ0v) is 11.5. The molecule has 0 saturated heterocycles. The van der Waals surface area contributed by atoms with Gasteiger partial charge in [-0.1, -0.05) is 0 Å². The second kappa shape index (κ2) is 9.22. The maximum atomic E-state index is 12.3. The number of hydrazine groups is 1. The molecule has 1 aromatic carbocycles. The van der Waals surface area contributed by atoms with Gasteiger partial charge in [0.05, 0.1) is 13.2 Å². The zero-order valence-electron chi connectivity index (χ0n) is 11.5. The molecular weight excluding hydrogens is 284 g/mol. The summed E-state index contributed by atoms with van der Waals surface area (Å²) in [6, 6.07) is 6.27. The number of benzene rings is 1. The molecule has 0 atom stereocenters. The molecule has 1 amide bonds. The maximum absolute atomic E-state index is 12.3. The molecule has 6 nitrogen and oxygen atoms in total. The highest BCUT2D eigenvalue weighted by molar-refractivity contribution is 5.93. The maximum Gasteiger partial charge on any atom is 0.265 e. The Balaban J connectivity index is 2.41. The monoisotopic (exact) mass is 303 g/mol. The van der Waals surface area contributed by atoms with Crippen molar-refractivity contribution in [2.75, 3.05) is 32.8 Å². The predicted molar refractivity (Wildman–Crippen MR) is 73.1 cm³/mol. The molecule has 0 aliphatic heterocycles. The standard InChI is InChI=1S/C13H19F2N3O3/c14-12(15)9-18(5-7-19)6-8-21-11-3-1-10(2-4-11)13(20)17-16/h1-4,12,19H,5-9,16H2,(H,17,20). The van der Waals surface area contributed by atoms with Crippen LogP contribution in [0.2, 0.25) is 0 Å². The van der Waals surface area contributed by atoms with E-state index in [2.05, 4.69) is 0 Å². The SMILES string of the molecule is NNC(=O)c1ccc(OCCN(CCO)CC(F)F)cc1. The van der Waals surface area contributed by atoms with Gasteiger partial charge in [-0.2, -0.15) is 0 Å². The fraction of sp³-hybridized carbons (Fsp3) is 0.462. The first kappa shape index (κ1) is 17.3. The van der Waals surface area contributed by atoms with E-state index in [0.717, 1.165) is 0 Å². The van der Waals surface area contributed by atoms with Crippen LogP contribution in [0.3, 0.4) is 0 Å². The molecule has 0 radical (unpaired) electrons. The van der Waals surface area contributed by atoms with E-state index in [0.29, 0.717) is 11.3 Å². The molecule has 8 heteroatoms. The zero-order chi connectivity index (χ0) is 15.7. The van der Waals surface area contributed by atoms with Crippen molar-refractivity contribution >= 4 is 5.91 Å². The Labute approximate surface area is 121 Å². The number of halogens is 2. The predicted octanol–water partition coefficient (Wildman–Crippen LogP) is 0.228. The van der Waals surface area contributed by atoms with Gasteiger partial charge in [0.25, 0.3) is 12.3 Å². The normalized spacial score (nSPS) is 11.0. The minimum absolute atomic E-state index is 0.170. The minimum Gasteiger partial charge on any atom is -0.492 e. The van der Waals surface area contributed by atoms with Crippen LogP contribution in [0.1, 0.15) is 10.4 Å². The number of aliphatic hydroxyl groups excluding tert-OH is 1. The average molecular weight is 303 g/mol. The molecule has 118 valence electrons. The molecule has 0 aliphatic carbocycles. The molecule has 0 heterocycles. The van der Waals surface area contributed by atoms with Crippen molar-refractivity contribution in [3.05, 3.63) is 29.8 Å². The fourth-order valence-corrected chi connectivity index (χ4v) is 1.71. The summed E-state index contributed by atoms with van der Waals surface area (Å²) in [7, 11) is 0. The molecule has 0 unspecified atom stereocenters. The van der Waals surface area contributed by atoms with Gasteiger partial charge >= 0.3 is 0 Å². The van der Waals surface area contributed by atoms with Gasteiger partial charge in [-0.15, -0.1) is 0 Å². The number of hydrogen-bond donors (Lipinski definition) is 3. The van der Waals surface area contributed by atoms with Gasteiger partial charge in [-0.25, -0.2) is 14.6 Å². The molecule has 4 N–H and O–H groups in total. The number of nitrogen functional groups attached to an aromatic ring is 1. The first-order valence-electron chi connectivity index (χ1n) is 6.42. The van der Waals surface area contributed by atoms with Crippen LogP contribution < -0.4 is 16.0 Å². The van der Waals surface area contributed by atoms with Gasteiger partial charge in [0.15, 0.2) is 0 Å². The van der Waals surface area contributed by atoms with Crippen LogP contribution in [0.4, 0.5) is 8.78 Å². The third-order valence-corrected chi connectivity index (χ3v) is 2.74. The Hall–Kier alpha value is -1.77. The number of carbonyl (C=O) groups is 1. The third-order valence-electron chi connectivity index (χ3n) is 2.74. The molecule has 0 spiro atoms. The van der Waals surface area contributed by atoms with Crippen LogP contribution in [0.5, 0.6) is 5.75 Å². The molecule has 1 aromatic rings. The van der Waals surface area contributed by atoms with Gasteiger partial charge in [0, 0.05) is 18.7 Å². The van der Waals surface area contributed by atoms with E-state index < -0.39 is 18.9 Å². The van der Waals surface area contributed by atoms with Crippen LogP contribution >= 0.6 is 0 Å². The number of alkyl halides is 2. The molecule has 21 heavy (non-hydrogen) atoms. The van der Waals surface area contributed by atoms with Crippen molar-refractivity contribution in [3.63, 3.8) is 0 Å². The Morgan fingerprint density at radius 3 is 2.52 bits per heavy atom. The minimum atomic E-state index is -2.45. The van der Waals surface area contributed by atoms with E-state index in [-0.39, 0.29) is 26.3 Å². The lowest BCUT2D eigenvalue weighted by atomic mass is 10.2. The summed E-state index contributed by atoms with van der Waals surface area (Å²) in [5.41, 5.74) is 2.40.